The van der Waals surface area contributed by atoms with E-state index >= 15 is 0 Å². The van der Waals surface area contributed by atoms with Gasteiger partial charge in [0.05, 0.1) is 5.57 Å². The first-order valence-electron chi connectivity index (χ1n) is 16.5. The van der Waals surface area contributed by atoms with Crippen LogP contribution in [-0.4, -0.2) is 24.0 Å². The minimum atomic E-state index is -0.528. The Hall–Kier alpha value is -2.22. The molecule has 0 spiro atoms. The number of carbonyl (C=O) groups is 3. The summed E-state index contributed by atoms with van der Waals surface area (Å²) in [5, 5.41) is 12.8. The summed E-state index contributed by atoms with van der Waals surface area (Å²) in [4.78, 5) is 38.2. The zero-order valence-corrected chi connectivity index (χ0v) is 28.8. The number of rotatable bonds is 14. The summed E-state index contributed by atoms with van der Waals surface area (Å²) in [5.74, 6) is -0.114. The lowest BCUT2D eigenvalue weighted by Crippen LogP contribution is -2.52. The number of amides is 1. The molecule has 1 saturated carbocycles. The van der Waals surface area contributed by atoms with Crippen molar-refractivity contribution in [1.29, 1.82) is 5.26 Å². The molecule has 0 aromatic rings. The van der Waals surface area contributed by atoms with Crippen molar-refractivity contribution in [3.05, 3.63) is 23.3 Å². The molecule has 0 aromatic carbocycles. The number of nitriles is 1. The number of allylic oxidation sites excluding steroid dienone is 4. The second-order valence-corrected chi connectivity index (χ2v) is 15.8. The van der Waals surface area contributed by atoms with E-state index in [1.54, 1.807) is 6.92 Å². The summed E-state index contributed by atoms with van der Waals surface area (Å²) in [6.07, 6.45) is 13.4. The van der Waals surface area contributed by atoms with Crippen molar-refractivity contribution >= 4 is 17.5 Å². The normalized spacial score (nSPS) is 28.9. The second-order valence-electron chi connectivity index (χ2n) is 15.8. The first kappa shape index (κ1) is 36.0. The van der Waals surface area contributed by atoms with Gasteiger partial charge in [-0.15, -0.1) is 0 Å². The Labute approximate surface area is 257 Å². The van der Waals surface area contributed by atoms with Crippen molar-refractivity contribution in [2.45, 2.75) is 140 Å². The average Bonchev–Trinajstić information content (AvgIpc) is 2.90. The van der Waals surface area contributed by atoms with Gasteiger partial charge in [0.2, 0.25) is 5.91 Å². The first-order valence-corrected chi connectivity index (χ1v) is 16.5. The summed E-state index contributed by atoms with van der Waals surface area (Å²) in [6.45, 7) is 24.6. The van der Waals surface area contributed by atoms with Gasteiger partial charge < -0.3 is 5.32 Å². The summed E-state index contributed by atoms with van der Waals surface area (Å²) < 4.78 is 0. The van der Waals surface area contributed by atoms with Crippen LogP contribution in [0.1, 0.15) is 140 Å². The Morgan fingerprint density at radius 2 is 1.67 bits per heavy atom. The summed E-state index contributed by atoms with van der Waals surface area (Å²) in [5.41, 5.74) is 0.625. The second kappa shape index (κ2) is 13.6. The van der Waals surface area contributed by atoms with E-state index in [1.165, 1.54) is 12.8 Å². The predicted molar refractivity (Wildman–Crippen MR) is 173 cm³/mol. The highest BCUT2D eigenvalue weighted by atomic mass is 16.1. The van der Waals surface area contributed by atoms with Crippen molar-refractivity contribution in [3.8, 4) is 6.07 Å². The van der Waals surface area contributed by atoms with E-state index in [0.717, 1.165) is 50.5 Å². The fourth-order valence-corrected chi connectivity index (χ4v) is 8.14. The van der Waals surface area contributed by atoms with Crippen molar-refractivity contribution in [1.82, 2.24) is 5.32 Å². The number of hydrogen-bond donors (Lipinski definition) is 1. The molecule has 1 fully saturated rings. The summed E-state index contributed by atoms with van der Waals surface area (Å²) >= 11 is 0. The highest BCUT2D eigenvalue weighted by molar-refractivity contribution is 6.02. The number of fused-ring (bicyclic) bond motifs is 1. The standard InChI is InChI=1S/C37H60N2O3/c1-12-16-33(5,6)19-21-35(9,17-15-31(41)39-13-2)22-20-34(7,8)37(11)18-14-29-27(4)32(42)28(25-38)24-36(29,10)30(37)23-26(3)40/h23-24,27,29H,12-22H2,1-11H3,(H,39,41)/b30-23-/t27-,29-,35-,36-,37+/m0/s1. The maximum Gasteiger partial charge on any atom is 0.220 e. The minimum Gasteiger partial charge on any atom is -0.356 e. The number of Topliss-reactive ketones (excluding diaryl/α,β-unsaturated/α-hetero) is 1. The third-order valence-electron chi connectivity index (χ3n) is 11.6. The van der Waals surface area contributed by atoms with Crippen LogP contribution in [0.15, 0.2) is 23.3 Å². The van der Waals surface area contributed by atoms with Crippen LogP contribution in [-0.2, 0) is 14.4 Å². The quantitative estimate of drug-likeness (QED) is 0.208. The topological polar surface area (TPSA) is 87.0 Å². The lowest BCUT2D eigenvalue weighted by Gasteiger charge is -2.59. The lowest BCUT2D eigenvalue weighted by molar-refractivity contribution is -0.123. The van der Waals surface area contributed by atoms with Crippen LogP contribution in [0.3, 0.4) is 0 Å². The molecule has 2 rings (SSSR count). The van der Waals surface area contributed by atoms with Gasteiger partial charge in [-0.3, -0.25) is 14.4 Å². The van der Waals surface area contributed by atoms with Gasteiger partial charge >= 0.3 is 0 Å². The molecule has 1 N–H and O–H groups in total. The highest BCUT2D eigenvalue weighted by Gasteiger charge is 2.58. The molecule has 2 aliphatic carbocycles. The van der Waals surface area contributed by atoms with Gasteiger partial charge in [-0.25, -0.2) is 0 Å². The molecule has 5 heteroatoms. The van der Waals surface area contributed by atoms with Gasteiger partial charge in [0.15, 0.2) is 11.6 Å². The molecule has 0 aliphatic heterocycles. The van der Waals surface area contributed by atoms with Crippen LogP contribution in [0.25, 0.3) is 0 Å². The van der Waals surface area contributed by atoms with Gasteiger partial charge in [-0.2, -0.15) is 5.26 Å². The molecule has 42 heavy (non-hydrogen) atoms. The van der Waals surface area contributed by atoms with E-state index in [4.69, 9.17) is 0 Å². The summed E-state index contributed by atoms with van der Waals surface area (Å²) in [6, 6.07) is 2.16. The smallest absolute Gasteiger partial charge is 0.220 e. The number of nitrogens with one attached hydrogen (secondary N) is 1. The Balaban J connectivity index is 2.47. The van der Waals surface area contributed by atoms with Gasteiger partial charge in [-0.1, -0.05) is 80.4 Å². The number of hydrogen-bond acceptors (Lipinski definition) is 4. The molecular weight excluding hydrogens is 520 g/mol. The third kappa shape index (κ3) is 7.83. The molecule has 2 aliphatic rings. The van der Waals surface area contributed by atoms with Gasteiger partial charge in [0.1, 0.15) is 6.07 Å². The fourth-order valence-electron chi connectivity index (χ4n) is 8.14. The maximum atomic E-state index is 13.0. The van der Waals surface area contributed by atoms with Gasteiger partial charge in [0, 0.05) is 24.3 Å². The Bertz CT molecular complexity index is 1120. The monoisotopic (exact) mass is 580 g/mol. The van der Waals surface area contributed by atoms with E-state index < -0.39 is 5.41 Å². The van der Waals surface area contributed by atoms with Crippen LogP contribution in [0.4, 0.5) is 0 Å². The SMILES string of the molecule is CCCC(C)(C)CC[C@](C)(CCC(=O)NCC)CCC(C)(C)[C@]1(C)CC[C@H]2[C@H](C)C(=O)C(C#N)=C[C@]2(C)/C1=C/C(C)=O. The maximum absolute atomic E-state index is 13.0. The molecule has 5 atom stereocenters. The van der Waals surface area contributed by atoms with E-state index in [9.17, 15) is 19.6 Å². The molecule has 0 unspecified atom stereocenters. The molecule has 236 valence electrons. The van der Waals surface area contributed by atoms with Crippen LogP contribution in [0, 0.1) is 50.2 Å². The zero-order valence-electron chi connectivity index (χ0n) is 28.8. The molecule has 0 radical (unpaired) electrons. The van der Waals surface area contributed by atoms with Crippen molar-refractivity contribution in [3.63, 3.8) is 0 Å². The van der Waals surface area contributed by atoms with E-state index in [0.29, 0.717) is 13.0 Å². The van der Waals surface area contributed by atoms with Crippen molar-refractivity contribution in [2.24, 2.45) is 38.9 Å². The number of nitrogens with zero attached hydrogens (tertiary/aromatic N) is 1. The van der Waals surface area contributed by atoms with Crippen molar-refractivity contribution in [2.75, 3.05) is 6.54 Å². The molecule has 5 nitrogen and oxygen atoms in total. The number of ketones is 2. The third-order valence-corrected chi connectivity index (χ3v) is 11.6. The first-order chi connectivity index (χ1) is 19.3. The molecule has 1 amide bonds. The van der Waals surface area contributed by atoms with E-state index in [-0.39, 0.29) is 56.5 Å². The largest absolute Gasteiger partial charge is 0.356 e. The molecule has 0 heterocycles. The van der Waals surface area contributed by atoms with Crippen LogP contribution in [0.5, 0.6) is 0 Å². The van der Waals surface area contributed by atoms with Crippen molar-refractivity contribution < 1.29 is 14.4 Å². The van der Waals surface area contributed by atoms with Crippen LogP contribution < -0.4 is 5.32 Å². The molecule has 0 bridgehead atoms. The lowest BCUT2D eigenvalue weighted by atomic mass is 9.44. The Morgan fingerprint density at radius 3 is 2.21 bits per heavy atom. The van der Waals surface area contributed by atoms with Gasteiger partial charge in [-0.05, 0) is 98.9 Å². The molecule has 0 saturated heterocycles. The molecular formula is C37H60N2O3. The van der Waals surface area contributed by atoms with E-state index in [1.807, 2.05) is 26.0 Å². The van der Waals surface area contributed by atoms with Crippen LogP contribution in [0.2, 0.25) is 0 Å². The zero-order chi connectivity index (χ0) is 32.1. The average molecular weight is 581 g/mol. The molecule has 0 aromatic heterocycles. The highest BCUT2D eigenvalue weighted by Crippen LogP contribution is 2.65. The minimum absolute atomic E-state index is 0.00953. The van der Waals surface area contributed by atoms with Crippen LogP contribution >= 0.6 is 0 Å². The Morgan fingerprint density at radius 1 is 1.05 bits per heavy atom. The fraction of sp³-hybridized carbons (Fsp3) is 0.784. The predicted octanol–water partition coefficient (Wildman–Crippen LogP) is 8.93. The number of carbonyl (C=O) groups excluding carboxylic acids is 3. The van der Waals surface area contributed by atoms with E-state index in [2.05, 4.69) is 66.8 Å². The van der Waals surface area contributed by atoms with Gasteiger partial charge in [0.25, 0.3) is 0 Å². The Kier molecular flexibility index (Phi) is 11.7. The summed E-state index contributed by atoms with van der Waals surface area (Å²) in [7, 11) is 0.